The van der Waals surface area contributed by atoms with Gasteiger partial charge in [0.1, 0.15) is 5.75 Å². The molecule has 1 heterocycles. The molecule has 1 amide bonds. The summed E-state index contributed by atoms with van der Waals surface area (Å²) in [7, 11) is 0. The van der Waals surface area contributed by atoms with Crippen molar-refractivity contribution < 1.29 is 9.90 Å². The average Bonchev–Trinajstić information content (AvgIpc) is 3.67. The molecule has 5 nitrogen and oxygen atoms in total. The molecule has 4 N–H and O–H groups in total. The lowest BCUT2D eigenvalue weighted by atomic mass is 9.91. The predicted molar refractivity (Wildman–Crippen MR) is 141 cm³/mol. The smallest absolute Gasteiger partial charge is 0.240 e. The molecule has 2 aliphatic rings. The van der Waals surface area contributed by atoms with Crippen molar-refractivity contribution in [3.63, 3.8) is 0 Å². The van der Waals surface area contributed by atoms with Crippen LogP contribution in [0, 0.1) is 13.8 Å². The van der Waals surface area contributed by atoms with E-state index in [0.717, 1.165) is 54.6 Å². The van der Waals surface area contributed by atoms with Gasteiger partial charge in [0.25, 0.3) is 0 Å². The summed E-state index contributed by atoms with van der Waals surface area (Å²) < 4.78 is 0. The molecule has 0 aromatic heterocycles. The summed E-state index contributed by atoms with van der Waals surface area (Å²) >= 11 is 0. The van der Waals surface area contributed by atoms with Crippen LogP contribution in [0.1, 0.15) is 58.7 Å². The minimum Gasteiger partial charge on any atom is -0.508 e. The summed E-state index contributed by atoms with van der Waals surface area (Å²) in [6, 6.07) is 20.3. The standard InChI is InChI=1S/C30H35N3O2/c1-19-14-24(34)15-20(2)25(19)18-27(31)30(35)33(23-9-10-23)29-12-13-32-28-11-8-22(17-26(28)29)16-21-6-4-3-5-7-21/h3-8,11,14-15,17,23,27,29,32,34H,9-10,12-13,16,18,31H2,1-2H3/t27-,29?/m0/s1. The Hall–Kier alpha value is -3.31. The Balaban J connectivity index is 1.41. The van der Waals surface area contributed by atoms with Crippen LogP contribution in [-0.4, -0.2) is 34.5 Å². The van der Waals surface area contributed by atoms with Gasteiger partial charge in [-0.1, -0.05) is 42.5 Å². The highest BCUT2D eigenvalue weighted by Crippen LogP contribution is 2.41. The van der Waals surface area contributed by atoms with Gasteiger partial charge in [-0.05, 0) is 97.5 Å². The molecular weight excluding hydrogens is 434 g/mol. The topological polar surface area (TPSA) is 78.6 Å². The molecule has 3 aromatic carbocycles. The van der Waals surface area contributed by atoms with E-state index in [4.69, 9.17) is 5.73 Å². The van der Waals surface area contributed by atoms with Crippen LogP contribution in [0.2, 0.25) is 0 Å². The second-order valence-electron chi connectivity index (χ2n) is 10.2. The molecule has 1 aliphatic heterocycles. The van der Waals surface area contributed by atoms with Crippen molar-refractivity contribution in [3.05, 3.63) is 94.0 Å². The number of aryl methyl sites for hydroxylation is 2. The fourth-order valence-corrected chi connectivity index (χ4v) is 5.51. The van der Waals surface area contributed by atoms with E-state index >= 15 is 0 Å². The first kappa shape index (κ1) is 23.4. The fourth-order valence-electron chi connectivity index (χ4n) is 5.51. The van der Waals surface area contributed by atoms with Gasteiger partial charge < -0.3 is 21.1 Å². The number of nitrogens with two attached hydrogens (primary N) is 1. The van der Waals surface area contributed by atoms with Gasteiger partial charge in [-0.15, -0.1) is 0 Å². The van der Waals surface area contributed by atoms with Gasteiger partial charge >= 0.3 is 0 Å². The SMILES string of the molecule is Cc1cc(O)cc(C)c1C[C@H](N)C(=O)N(C1CC1)C1CCNc2ccc(Cc3ccccc3)cc21. The Kier molecular flexibility index (Phi) is 6.52. The van der Waals surface area contributed by atoms with Crippen LogP contribution in [0.4, 0.5) is 5.69 Å². The van der Waals surface area contributed by atoms with Gasteiger partial charge in [0, 0.05) is 18.3 Å². The van der Waals surface area contributed by atoms with Crippen LogP contribution in [0.5, 0.6) is 5.75 Å². The highest BCUT2D eigenvalue weighted by Gasteiger charge is 2.41. The number of carbonyl (C=O) groups excluding carboxylic acids is 1. The quantitative estimate of drug-likeness (QED) is 0.454. The molecule has 5 heteroatoms. The fraction of sp³-hybridized carbons (Fsp3) is 0.367. The van der Waals surface area contributed by atoms with E-state index in [0.29, 0.717) is 6.42 Å². The molecule has 35 heavy (non-hydrogen) atoms. The van der Waals surface area contributed by atoms with Crippen molar-refractivity contribution in [1.82, 2.24) is 4.90 Å². The highest BCUT2D eigenvalue weighted by molar-refractivity contribution is 5.83. The minimum atomic E-state index is -0.608. The van der Waals surface area contributed by atoms with Crippen molar-refractivity contribution in [2.75, 3.05) is 11.9 Å². The lowest BCUT2D eigenvalue weighted by Gasteiger charge is -2.38. The normalized spacial score (nSPS) is 17.9. The number of phenols is 1. The third-order valence-electron chi connectivity index (χ3n) is 7.41. The van der Waals surface area contributed by atoms with E-state index in [1.165, 1.54) is 16.7 Å². The molecule has 1 aliphatic carbocycles. The molecule has 0 radical (unpaired) electrons. The Morgan fingerprint density at radius 1 is 1.03 bits per heavy atom. The number of nitrogens with zero attached hydrogens (tertiary/aromatic N) is 1. The van der Waals surface area contributed by atoms with E-state index in [2.05, 4.69) is 52.7 Å². The van der Waals surface area contributed by atoms with Crippen molar-refractivity contribution in [1.29, 1.82) is 0 Å². The lowest BCUT2D eigenvalue weighted by molar-refractivity contribution is -0.136. The molecule has 1 unspecified atom stereocenters. The molecule has 3 aromatic rings. The zero-order valence-corrected chi connectivity index (χ0v) is 20.6. The highest BCUT2D eigenvalue weighted by atomic mass is 16.3. The lowest BCUT2D eigenvalue weighted by Crippen LogP contribution is -2.48. The van der Waals surface area contributed by atoms with E-state index in [9.17, 15) is 9.90 Å². The summed E-state index contributed by atoms with van der Waals surface area (Å²) in [6.07, 6.45) is 4.31. The molecule has 2 atom stereocenters. The maximum absolute atomic E-state index is 13.8. The van der Waals surface area contributed by atoms with E-state index in [1.54, 1.807) is 12.1 Å². The third-order valence-corrected chi connectivity index (χ3v) is 7.41. The van der Waals surface area contributed by atoms with Crippen molar-refractivity contribution >= 4 is 11.6 Å². The van der Waals surface area contributed by atoms with E-state index in [1.807, 2.05) is 19.9 Å². The number of fused-ring (bicyclic) bond motifs is 1. The first-order valence-corrected chi connectivity index (χ1v) is 12.7. The Labute approximate surface area is 208 Å². The summed E-state index contributed by atoms with van der Waals surface area (Å²) in [5.74, 6) is 0.284. The van der Waals surface area contributed by atoms with Gasteiger partial charge in [-0.25, -0.2) is 0 Å². The van der Waals surface area contributed by atoms with Crippen LogP contribution >= 0.6 is 0 Å². The van der Waals surface area contributed by atoms with Gasteiger partial charge in [0.05, 0.1) is 12.1 Å². The first-order valence-electron chi connectivity index (χ1n) is 12.7. The molecular formula is C30H35N3O2. The Morgan fingerprint density at radius 2 is 1.74 bits per heavy atom. The van der Waals surface area contributed by atoms with Crippen LogP contribution in [0.25, 0.3) is 0 Å². The number of aromatic hydroxyl groups is 1. The molecule has 5 rings (SSSR count). The molecule has 0 spiro atoms. The molecule has 182 valence electrons. The number of rotatable bonds is 7. The summed E-state index contributed by atoms with van der Waals surface area (Å²) in [4.78, 5) is 15.9. The second-order valence-corrected chi connectivity index (χ2v) is 10.2. The largest absolute Gasteiger partial charge is 0.508 e. The second kappa shape index (κ2) is 9.74. The van der Waals surface area contributed by atoms with Crippen molar-refractivity contribution in [2.24, 2.45) is 5.73 Å². The number of phenolic OH excluding ortho intramolecular Hbond substituents is 1. The molecule has 1 fully saturated rings. The van der Waals surface area contributed by atoms with Crippen molar-refractivity contribution in [2.45, 2.75) is 64.1 Å². The summed E-state index contributed by atoms with van der Waals surface area (Å²) in [6.45, 7) is 4.78. The Bertz CT molecular complexity index is 1200. The van der Waals surface area contributed by atoms with Gasteiger partial charge in [-0.3, -0.25) is 4.79 Å². The summed E-state index contributed by atoms with van der Waals surface area (Å²) in [5.41, 5.74) is 14.4. The predicted octanol–water partition coefficient (Wildman–Crippen LogP) is 5.02. The zero-order chi connectivity index (χ0) is 24.5. The number of hydrogen-bond acceptors (Lipinski definition) is 4. The summed E-state index contributed by atoms with van der Waals surface area (Å²) in [5, 5.41) is 13.4. The van der Waals surface area contributed by atoms with Gasteiger partial charge in [0.15, 0.2) is 0 Å². The van der Waals surface area contributed by atoms with Gasteiger partial charge in [0.2, 0.25) is 5.91 Å². The molecule has 0 saturated heterocycles. The van der Waals surface area contributed by atoms with E-state index < -0.39 is 6.04 Å². The third kappa shape index (κ3) is 5.06. The minimum absolute atomic E-state index is 0.0330. The number of amides is 1. The maximum Gasteiger partial charge on any atom is 0.240 e. The zero-order valence-electron chi connectivity index (χ0n) is 20.6. The van der Waals surface area contributed by atoms with Crippen LogP contribution in [-0.2, 0) is 17.6 Å². The van der Waals surface area contributed by atoms with Crippen LogP contribution in [0.15, 0.2) is 60.7 Å². The number of anilines is 1. The van der Waals surface area contributed by atoms with E-state index in [-0.39, 0.29) is 23.7 Å². The average molecular weight is 470 g/mol. The number of carbonyl (C=O) groups is 1. The number of nitrogens with one attached hydrogen (secondary N) is 1. The maximum atomic E-state index is 13.8. The number of benzene rings is 3. The monoisotopic (exact) mass is 469 g/mol. The van der Waals surface area contributed by atoms with Crippen molar-refractivity contribution in [3.8, 4) is 5.75 Å². The molecule has 1 saturated carbocycles. The van der Waals surface area contributed by atoms with Gasteiger partial charge in [-0.2, -0.15) is 0 Å². The first-order chi connectivity index (χ1) is 16.9. The van der Waals surface area contributed by atoms with Crippen LogP contribution < -0.4 is 11.1 Å². The van der Waals surface area contributed by atoms with Crippen LogP contribution in [0.3, 0.4) is 0 Å². The molecule has 0 bridgehead atoms. The Morgan fingerprint density at radius 3 is 2.43 bits per heavy atom. The number of hydrogen-bond donors (Lipinski definition) is 3.